The number of hydrogen-bond acceptors (Lipinski definition) is 5. The molecule has 4 rings (SSSR count). The SMILES string of the molecule is N#CC1(c2ccc(N3C[C@H](Cn4nccn4)OC3=O)cc2)CC1. The average molecular weight is 309 g/mol. The minimum absolute atomic E-state index is 0.275. The van der Waals surface area contributed by atoms with Crippen molar-refractivity contribution in [3.8, 4) is 6.07 Å². The van der Waals surface area contributed by atoms with Crippen LogP contribution in [0.25, 0.3) is 0 Å². The number of carbonyl (C=O) groups is 1. The summed E-state index contributed by atoms with van der Waals surface area (Å²) >= 11 is 0. The van der Waals surface area contributed by atoms with Crippen LogP contribution in [0.4, 0.5) is 10.5 Å². The molecule has 0 N–H and O–H groups in total. The van der Waals surface area contributed by atoms with Crippen molar-refractivity contribution in [2.24, 2.45) is 0 Å². The van der Waals surface area contributed by atoms with Crippen LogP contribution in [0.5, 0.6) is 0 Å². The van der Waals surface area contributed by atoms with Crippen molar-refractivity contribution in [1.29, 1.82) is 5.26 Å². The summed E-state index contributed by atoms with van der Waals surface area (Å²) in [6.07, 6.45) is 4.37. The molecular formula is C16H15N5O2. The molecule has 7 heteroatoms. The predicted molar refractivity (Wildman–Crippen MR) is 80.6 cm³/mol. The van der Waals surface area contributed by atoms with Gasteiger partial charge in [0.1, 0.15) is 6.10 Å². The van der Waals surface area contributed by atoms with E-state index in [9.17, 15) is 10.1 Å². The zero-order valence-electron chi connectivity index (χ0n) is 12.4. The van der Waals surface area contributed by atoms with E-state index in [1.807, 2.05) is 24.3 Å². The van der Waals surface area contributed by atoms with Crippen LogP contribution in [0.15, 0.2) is 36.7 Å². The zero-order chi connectivity index (χ0) is 15.9. The first-order valence-electron chi connectivity index (χ1n) is 7.54. The van der Waals surface area contributed by atoms with Crippen molar-refractivity contribution in [3.63, 3.8) is 0 Å². The summed E-state index contributed by atoms with van der Waals surface area (Å²) in [5.74, 6) is 0. The highest BCUT2D eigenvalue weighted by atomic mass is 16.6. The standard InChI is InChI=1S/C16H15N5O2/c17-11-16(5-6-16)12-1-3-13(4-2-12)20-9-14(23-15(20)22)10-21-18-7-8-19-21/h1-4,7-8,14H,5-6,9-10H2/t14-/m1/s1. The lowest BCUT2D eigenvalue weighted by Gasteiger charge is -2.14. The summed E-state index contributed by atoms with van der Waals surface area (Å²) in [7, 11) is 0. The largest absolute Gasteiger partial charge is 0.442 e. The lowest BCUT2D eigenvalue weighted by atomic mass is 9.97. The van der Waals surface area contributed by atoms with E-state index in [0.717, 1.165) is 24.1 Å². The molecule has 0 bridgehead atoms. The molecule has 1 aromatic carbocycles. The Balaban J connectivity index is 1.48. The highest BCUT2D eigenvalue weighted by Crippen LogP contribution is 2.47. The molecule has 0 spiro atoms. The molecule has 1 saturated heterocycles. The Hall–Kier alpha value is -2.88. The highest BCUT2D eigenvalue weighted by molar-refractivity contribution is 5.89. The number of benzene rings is 1. The van der Waals surface area contributed by atoms with Crippen molar-refractivity contribution in [2.45, 2.75) is 30.9 Å². The lowest BCUT2D eigenvalue weighted by molar-refractivity contribution is 0.126. The quantitative estimate of drug-likeness (QED) is 0.860. The Bertz CT molecular complexity index is 759. The van der Waals surface area contributed by atoms with E-state index >= 15 is 0 Å². The Morgan fingerprint density at radius 2 is 1.96 bits per heavy atom. The fourth-order valence-corrected chi connectivity index (χ4v) is 2.90. The number of anilines is 1. The molecule has 1 atom stereocenters. The number of aromatic nitrogens is 3. The van der Waals surface area contributed by atoms with Crippen LogP contribution >= 0.6 is 0 Å². The fraction of sp³-hybridized carbons (Fsp3) is 0.375. The van der Waals surface area contributed by atoms with Gasteiger partial charge in [0, 0.05) is 5.69 Å². The van der Waals surface area contributed by atoms with E-state index < -0.39 is 0 Å². The van der Waals surface area contributed by atoms with E-state index in [-0.39, 0.29) is 17.6 Å². The van der Waals surface area contributed by atoms with Gasteiger partial charge in [-0.25, -0.2) is 4.79 Å². The third-order valence-corrected chi connectivity index (χ3v) is 4.40. The number of hydrogen-bond donors (Lipinski definition) is 0. The monoisotopic (exact) mass is 309 g/mol. The van der Waals surface area contributed by atoms with E-state index in [4.69, 9.17) is 4.74 Å². The first-order valence-corrected chi connectivity index (χ1v) is 7.54. The van der Waals surface area contributed by atoms with Crippen LogP contribution in [-0.4, -0.2) is 33.7 Å². The Kier molecular flexibility index (Phi) is 3.05. The van der Waals surface area contributed by atoms with Gasteiger partial charge < -0.3 is 4.74 Å². The molecule has 23 heavy (non-hydrogen) atoms. The number of rotatable bonds is 4. The summed E-state index contributed by atoms with van der Waals surface area (Å²) < 4.78 is 5.37. The smallest absolute Gasteiger partial charge is 0.414 e. The van der Waals surface area contributed by atoms with E-state index in [1.54, 1.807) is 17.3 Å². The molecule has 116 valence electrons. The second kappa shape index (κ2) is 5.09. The number of cyclic esters (lactones) is 1. The van der Waals surface area contributed by atoms with Crippen molar-refractivity contribution in [3.05, 3.63) is 42.2 Å². The van der Waals surface area contributed by atoms with Crippen molar-refractivity contribution < 1.29 is 9.53 Å². The maximum Gasteiger partial charge on any atom is 0.414 e. The van der Waals surface area contributed by atoms with Gasteiger partial charge in [0.25, 0.3) is 0 Å². The topological polar surface area (TPSA) is 84.0 Å². The van der Waals surface area contributed by atoms with E-state index in [1.165, 1.54) is 4.80 Å². The van der Waals surface area contributed by atoms with Crippen molar-refractivity contribution in [1.82, 2.24) is 15.0 Å². The van der Waals surface area contributed by atoms with Crippen LogP contribution in [0.1, 0.15) is 18.4 Å². The molecular weight excluding hydrogens is 294 g/mol. The molecule has 1 amide bonds. The third kappa shape index (κ3) is 2.42. The van der Waals surface area contributed by atoms with Gasteiger partial charge in [-0.1, -0.05) is 12.1 Å². The second-order valence-electron chi connectivity index (χ2n) is 5.94. The van der Waals surface area contributed by atoms with Gasteiger partial charge in [-0.2, -0.15) is 20.3 Å². The summed E-state index contributed by atoms with van der Waals surface area (Å²) in [5.41, 5.74) is 1.50. The van der Waals surface area contributed by atoms with Gasteiger partial charge in [0.05, 0.1) is 37.0 Å². The molecule has 7 nitrogen and oxygen atoms in total. The number of amides is 1. The highest BCUT2D eigenvalue weighted by Gasteiger charge is 2.45. The molecule has 2 heterocycles. The number of nitrogens with zero attached hydrogens (tertiary/aromatic N) is 5. The van der Waals surface area contributed by atoms with Gasteiger partial charge in [-0.3, -0.25) is 4.90 Å². The van der Waals surface area contributed by atoms with Crippen LogP contribution < -0.4 is 4.90 Å². The molecule has 1 aromatic heterocycles. The summed E-state index contributed by atoms with van der Waals surface area (Å²) in [5, 5.41) is 17.3. The fourth-order valence-electron chi connectivity index (χ4n) is 2.90. The Morgan fingerprint density at radius 3 is 2.57 bits per heavy atom. The first kappa shape index (κ1) is 13.8. The predicted octanol–water partition coefficient (Wildman–Crippen LogP) is 1.86. The maximum atomic E-state index is 12.1. The molecule has 0 unspecified atom stereocenters. The van der Waals surface area contributed by atoms with E-state index in [2.05, 4.69) is 16.3 Å². The van der Waals surface area contributed by atoms with Gasteiger partial charge in [-0.05, 0) is 30.5 Å². The molecule has 1 saturated carbocycles. The Labute approximate surface area is 133 Å². The number of carbonyl (C=O) groups excluding carboxylic acids is 1. The molecule has 2 fully saturated rings. The zero-order valence-corrected chi connectivity index (χ0v) is 12.4. The average Bonchev–Trinajstić information content (AvgIpc) is 3.05. The van der Waals surface area contributed by atoms with Gasteiger partial charge in [-0.15, -0.1) is 0 Å². The number of nitriles is 1. The van der Waals surface area contributed by atoms with Crippen LogP contribution in [-0.2, 0) is 16.7 Å². The molecule has 1 aliphatic heterocycles. The molecule has 2 aromatic rings. The minimum Gasteiger partial charge on any atom is -0.442 e. The maximum absolute atomic E-state index is 12.1. The Morgan fingerprint density at radius 1 is 1.26 bits per heavy atom. The van der Waals surface area contributed by atoms with Crippen molar-refractivity contribution >= 4 is 11.8 Å². The lowest BCUT2D eigenvalue weighted by Crippen LogP contribution is -2.26. The molecule has 2 aliphatic rings. The van der Waals surface area contributed by atoms with Gasteiger partial charge in [0.2, 0.25) is 0 Å². The van der Waals surface area contributed by atoms with Crippen LogP contribution in [0, 0.1) is 11.3 Å². The van der Waals surface area contributed by atoms with Crippen molar-refractivity contribution in [2.75, 3.05) is 11.4 Å². The summed E-state index contributed by atoms with van der Waals surface area (Å²) in [6, 6.07) is 9.99. The van der Waals surface area contributed by atoms with Gasteiger partial charge in [0.15, 0.2) is 0 Å². The van der Waals surface area contributed by atoms with Crippen LogP contribution in [0.3, 0.4) is 0 Å². The van der Waals surface area contributed by atoms with E-state index in [0.29, 0.717) is 13.1 Å². The van der Waals surface area contributed by atoms with Crippen LogP contribution in [0.2, 0.25) is 0 Å². The molecule has 1 aliphatic carbocycles. The molecule has 0 radical (unpaired) electrons. The number of ether oxygens (including phenoxy) is 1. The summed E-state index contributed by atoms with van der Waals surface area (Å²) in [6.45, 7) is 0.897. The normalized spacial score (nSPS) is 21.8. The summed E-state index contributed by atoms with van der Waals surface area (Å²) in [4.78, 5) is 15.2. The second-order valence-corrected chi connectivity index (χ2v) is 5.94. The minimum atomic E-state index is -0.365. The first-order chi connectivity index (χ1) is 11.2. The third-order valence-electron chi connectivity index (χ3n) is 4.40. The van der Waals surface area contributed by atoms with Gasteiger partial charge >= 0.3 is 6.09 Å².